The molecule has 4 rings (SSSR count). The van der Waals surface area contributed by atoms with Gasteiger partial charge in [0.1, 0.15) is 24.0 Å². The summed E-state index contributed by atoms with van der Waals surface area (Å²) in [6, 6.07) is 6.93. The number of nitrogens with one attached hydrogen (secondary N) is 1. The Morgan fingerprint density at radius 1 is 1.27 bits per heavy atom. The van der Waals surface area contributed by atoms with Crippen LogP contribution in [-0.4, -0.2) is 72.4 Å². The van der Waals surface area contributed by atoms with E-state index in [0.717, 1.165) is 22.2 Å². The molecule has 2 unspecified atom stereocenters. The maximum Gasteiger partial charge on any atom is 0.307 e. The molecular formula is C28H34F3N3O3. The van der Waals surface area contributed by atoms with Gasteiger partial charge in [-0.3, -0.25) is 14.1 Å². The predicted molar refractivity (Wildman–Crippen MR) is 137 cm³/mol. The highest BCUT2D eigenvalue weighted by molar-refractivity contribution is 5.85. The maximum absolute atomic E-state index is 15.6. The van der Waals surface area contributed by atoms with Gasteiger partial charge in [0.2, 0.25) is 0 Å². The first-order chi connectivity index (χ1) is 17.7. The van der Waals surface area contributed by atoms with Gasteiger partial charge in [0, 0.05) is 48.3 Å². The molecule has 3 aromatic rings. The lowest BCUT2D eigenvalue weighted by atomic mass is 9.88. The zero-order valence-corrected chi connectivity index (χ0v) is 21.5. The molecule has 2 N–H and O–H groups in total. The molecule has 0 spiro atoms. The number of rotatable bonds is 11. The van der Waals surface area contributed by atoms with Crippen molar-refractivity contribution in [1.82, 2.24) is 14.8 Å². The third-order valence-electron chi connectivity index (χ3n) is 7.21. The number of aromatic amines is 1. The zero-order valence-electron chi connectivity index (χ0n) is 21.5. The molecule has 2 heterocycles. The standard InChI is InChI=1S/C28H34F3N3O3/c1-17(28(35)36)16-34-12-9-20-21-15-19(30)5-7-23(21)32-26(20)27(34)25-18(2)24(8-6-22(25)31)37-14-13-33(3)11-4-10-29/h5-8,15,17,27,32H,4,9-14,16H2,1-3H3,(H,35,36). The number of alkyl halides is 1. The van der Waals surface area contributed by atoms with Gasteiger partial charge in [-0.05, 0) is 68.3 Å². The molecule has 6 nitrogen and oxygen atoms in total. The molecule has 2 aromatic carbocycles. The lowest BCUT2D eigenvalue weighted by Crippen LogP contribution is -2.41. The van der Waals surface area contributed by atoms with Gasteiger partial charge in [0.25, 0.3) is 0 Å². The average Bonchev–Trinajstić information content (AvgIpc) is 3.22. The Balaban J connectivity index is 1.72. The fourth-order valence-electron chi connectivity index (χ4n) is 5.18. The Hall–Kier alpha value is -3.04. The number of benzene rings is 2. The number of aromatic nitrogens is 1. The molecule has 1 aliphatic heterocycles. The smallest absolute Gasteiger partial charge is 0.307 e. The van der Waals surface area contributed by atoms with Crippen molar-refractivity contribution in [3.05, 3.63) is 64.4 Å². The summed E-state index contributed by atoms with van der Waals surface area (Å²) in [6.45, 7) is 5.37. The van der Waals surface area contributed by atoms with E-state index in [1.165, 1.54) is 18.2 Å². The molecule has 0 saturated carbocycles. The molecule has 200 valence electrons. The fraction of sp³-hybridized carbons (Fsp3) is 0.464. The highest BCUT2D eigenvalue weighted by atomic mass is 19.1. The highest BCUT2D eigenvalue weighted by Gasteiger charge is 2.36. The number of nitrogens with zero attached hydrogens (tertiary/aromatic N) is 2. The average molecular weight is 518 g/mol. The van der Waals surface area contributed by atoms with E-state index in [1.54, 1.807) is 26.0 Å². The minimum Gasteiger partial charge on any atom is -0.492 e. The molecule has 0 radical (unpaired) electrons. The number of likely N-dealkylation sites (N-methyl/N-ethyl adjacent to an activating group) is 1. The largest absolute Gasteiger partial charge is 0.492 e. The van der Waals surface area contributed by atoms with Crippen molar-refractivity contribution < 1.29 is 27.8 Å². The van der Waals surface area contributed by atoms with Crippen LogP contribution >= 0.6 is 0 Å². The molecule has 0 amide bonds. The van der Waals surface area contributed by atoms with E-state index < -0.39 is 23.7 Å². The Kier molecular flexibility index (Phi) is 8.44. The number of fused-ring (bicyclic) bond motifs is 3. The number of ether oxygens (including phenoxy) is 1. The SMILES string of the molecule is Cc1c(OCCN(C)CCCF)ccc(F)c1C1c2[nH]c3ccc(F)cc3c2CCN1CC(C)C(=O)O. The number of carboxylic acids is 1. The first-order valence-electron chi connectivity index (χ1n) is 12.6. The summed E-state index contributed by atoms with van der Waals surface area (Å²) in [5.41, 5.74) is 3.45. The monoisotopic (exact) mass is 517 g/mol. The molecule has 9 heteroatoms. The second-order valence-electron chi connectivity index (χ2n) is 9.87. The summed E-state index contributed by atoms with van der Waals surface area (Å²) in [5, 5.41) is 10.3. The third kappa shape index (κ3) is 5.78. The number of hydrogen-bond acceptors (Lipinski definition) is 4. The molecule has 2 atom stereocenters. The van der Waals surface area contributed by atoms with Crippen molar-refractivity contribution >= 4 is 16.9 Å². The van der Waals surface area contributed by atoms with Crippen LogP contribution in [0.1, 0.15) is 41.8 Å². The predicted octanol–water partition coefficient (Wildman–Crippen LogP) is 5.09. The summed E-state index contributed by atoms with van der Waals surface area (Å²) in [4.78, 5) is 19.0. The van der Waals surface area contributed by atoms with Crippen molar-refractivity contribution in [1.29, 1.82) is 0 Å². The van der Waals surface area contributed by atoms with Gasteiger partial charge in [-0.2, -0.15) is 0 Å². The summed E-state index contributed by atoms with van der Waals surface area (Å²) >= 11 is 0. The van der Waals surface area contributed by atoms with Crippen LogP contribution in [0.5, 0.6) is 5.75 Å². The van der Waals surface area contributed by atoms with Gasteiger partial charge in [-0.25, -0.2) is 8.78 Å². The van der Waals surface area contributed by atoms with Crippen LogP contribution in [0.25, 0.3) is 10.9 Å². The van der Waals surface area contributed by atoms with Crippen LogP contribution in [0.4, 0.5) is 13.2 Å². The molecule has 37 heavy (non-hydrogen) atoms. The summed E-state index contributed by atoms with van der Waals surface area (Å²) in [7, 11) is 1.89. The van der Waals surface area contributed by atoms with Gasteiger partial charge in [-0.1, -0.05) is 6.92 Å². The molecule has 0 bridgehead atoms. The molecular weight excluding hydrogens is 483 g/mol. The van der Waals surface area contributed by atoms with E-state index in [2.05, 4.69) is 4.98 Å². The van der Waals surface area contributed by atoms with Crippen LogP contribution in [0.2, 0.25) is 0 Å². The normalized spacial score (nSPS) is 16.8. The summed E-state index contributed by atoms with van der Waals surface area (Å²) in [6.07, 6.45) is 1.04. The van der Waals surface area contributed by atoms with Crippen molar-refractivity contribution in [2.24, 2.45) is 5.92 Å². The first-order valence-corrected chi connectivity index (χ1v) is 12.6. The number of halogens is 3. The second-order valence-corrected chi connectivity index (χ2v) is 9.87. The maximum atomic E-state index is 15.6. The number of aliphatic carboxylic acids is 1. The van der Waals surface area contributed by atoms with E-state index in [4.69, 9.17) is 4.74 Å². The molecule has 1 aliphatic rings. The number of carboxylic acid groups (broad SMARTS) is 1. The summed E-state index contributed by atoms with van der Waals surface area (Å²) in [5.74, 6) is -1.80. The molecule has 0 fully saturated rings. The van der Waals surface area contributed by atoms with Crippen molar-refractivity contribution in [3.8, 4) is 5.75 Å². The number of carbonyl (C=O) groups is 1. The van der Waals surface area contributed by atoms with Crippen LogP contribution < -0.4 is 4.74 Å². The van der Waals surface area contributed by atoms with Crippen molar-refractivity contribution in [3.63, 3.8) is 0 Å². The highest BCUT2D eigenvalue weighted by Crippen LogP contribution is 2.42. The molecule has 0 saturated heterocycles. The Morgan fingerprint density at radius 2 is 2.05 bits per heavy atom. The van der Waals surface area contributed by atoms with Crippen LogP contribution in [-0.2, 0) is 11.2 Å². The quantitative estimate of drug-likeness (QED) is 0.371. The number of hydrogen-bond donors (Lipinski definition) is 2. The lowest BCUT2D eigenvalue weighted by Gasteiger charge is -2.38. The number of H-pyrrole nitrogens is 1. The van der Waals surface area contributed by atoms with E-state index >= 15 is 4.39 Å². The van der Waals surface area contributed by atoms with E-state index in [0.29, 0.717) is 56.0 Å². The molecule has 0 aliphatic carbocycles. The van der Waals surface area contributed by atoms with Crippen molar-refractivity contribution in [2.75, 3.05) is 46.5 Å². The van der Waals surface area contributed by atoms with E-state index in [9.17, 15) is 18.7 Å². The van der Waals surface area contributed by atoms with Gasteiger partial charge in [-0.15, -0.1) is 0 Å². The Bertz CT molecular complexity index is 1260. The first kappa shape index (κ1) is 27.0. The van der Waals surface area contributed by atoms with Crippen LogP contribution in [0.3, 0.4) is 0 Å². The van der Waals surface area contributed by atoms with Crippen LogP contribution in [0, 0.1) is 24.5 Å². The fourth-order valence-corrected chi connectivity index (χ4v) is 5.18. The van der Waals surface area contributed by atoms with Gasteiger partial charge >= 0.3 is 5.97 Å². The van der Waals surface area contributed by atoms with Gasteiger partial charge in [0.15, 0.2) is 0 Å². The van der Waals surface area contributed by atoms with Crippen molar-refractivity contribution in [2.45, 2.75) is 32.7 Å². The third-order valence-corrected chi connectivity index (χ3v) is 7.21. The second kappa shape index (κ2) is 11.6. The van der Waals surface area contributed by atoms with Gasteiger partial charge in [0.05, 0.1) is 18.6 Å². The zero-order chi connectivity index (χ0) is 26.7. The molecule has 1 aromatic heterocycles. The van der Waals surface area contributed by atoms with E-state index in [1.807, 2.05) is 16.8 Å². The topological polar surface area (TPSA) is 68.8 Å². The van der Waals surface area contributed by atoms with Crippen LogP contribution in [0.15, 0.2) is 30.3 Å². The Morgan fingerprint density at radius 3 is 2.78 bits per heavy atom. The van der Waals surface area contributed by atoms with Gasteiger partial charge < -0.3 is 19.7 Å². The summed E-state index contributed by atoms with van der Waals surface area (Å²) < 4.78 is 48.1. The Labute approximate surface area is 215 Å². The van der Waals surface area contributed by atoms with E-state index in [-0.39, 0.29) is 19.0 Å². The minimum atomic E-state index is -0.922. The lowest BCUT2D eigenvalue weighted by molar-refractivity contribution is -0.141. The minimum absolute atomic E-state index is 0.229.